The zero-order valence-corrected chi connectivity index (χ0v) is 16.3. The number of likely N-dealkylation sites (tertiary alicyclic amines) is 1. The number of carbonyl (C=O) groups excluding carboxylic acids is 1. The first-order valence-corrected chi connectivity index (χ1v) is 9.85. The number of methoxy groups -OCH3 is 1. The van der Waals surface area contributed by atoms with Gasteiger partial charge in [-0.2, -0.15) is 10.2 Å². The lowest BCUT2D eigenvalue weighted by Crippen LogP contribution is -2.48. The molecule has 1 amide bonds. The molecule has 8 heteroatoms. The molecule has 5 rings (SSSR count). The van der Waals surface area contributed by atoms with Crippen LogP contribution >= 0.6 is 0 Å². The summed E-state index contributed by atoms with van der Waals surface area (Å²) >= 11 is 0. The van der Waals surface area contributed by atoms with Crippen LogP contribution in [-0.4, -0.2) is 58.0 Å². The molecule has 0 saturated carbocycles. The average molecular weight is 393 g/mol. The van der Waals surface area contributed by atoms with Crippen LogP contribution < -0.4 is 4.74 Å². The zero-order valence-electron chi connectivity index (χ0n) is 16.3. The number of aromatic amines is 2. The van der Waals surface area contributed by atoms with E-state index in [0.717, 1.165) is 36.3 Å². The Labute approximate surface area is 168 Å². The first-order valence-electron chi connectivity index (χ1n) is 9.85. The third kappa shape index (κ3) is 3.00. The Morgan fingerprint density at radius 1 is 1.24 bits per heavy atom. The Morgan fingerprint density at radius 3 is 2.90 bits per heavy atom. The Hall–Kier alpha value is -3.13. The summed E-state index contributed by atoms with van der Waals surface area (Å²) < 4.78 is 11.6. The molecule has 8 nitrogen and oxygen atoms in total. The van der Waals surface area contributed by atoms with Crippen LogP contribution in [0.2, 0.25) is 0 Å². The monoisotopic (exact) mass is 393 g/mol. The van der Waals surface area contributed by atoms with Crippen molar-refractivity contribution >= 4 is 5.91 Å². The molecule has 2 aliphatic heterocycles. The van der Waals surface area contributed by atoms with Gasteiger partial charge in [-0.05, 0) is 43.0 Å². The van der Waals surface area contributed by atoms with Gasteiger partial charge in [0, 0.05) is 18.7 Å². The number of carbonyl (C=O) groups is 1. The molecule has 2 aromatic heterocycles. The van der Waals surface area contributed by atoms with Crippen LogP contribution in [0.5, 0.6) is 5.75 Å². The molecule has 2 aliphatic rings. The molecule has 4 heterocycles. The van der Waals surface area contributed by atoms with Gasteiger partial charge in [0.1, 0.15) is 17.0 Å². The Balaban J connectivity index is 1.32. The molecular weight excluding hydrogens is 370 g/mol. The van der Waals surface area contributed by atoms with Gasteiger partial charge in [0.15, 0.2) is 0 Å². The van der Waals surface area contributed by atoms with Gasteiger partial charge in [-0.1, -0.05) is 12.1 Å². The van der Waals surface area contributed by atoms with E-state index in [9.17, 15) is 4.79 Å². The second-order valence-corrected chi connectivity index (χ2v) is 7.52. The summed E-state index contributed by atoms with van der Waals surface area (Å²) in [5.74, 6) is 0.678. The summed E-state index contributed by atoms with van der Waals surface area (Å²) in [7, 11) is 1.62. The van der Waals surface area contributed by atoms with E-state index in [1.54, 1.807) is 13.2 Å². The number of rotatable bonds is 3. The van der Waals surface area contributed by atoms with Crippen molar-refractivity contribution < 1.29 is 14.3 Å². The van der Waals surface area contributed by atoms with E-state index in [4.69, 9.17) is 9.47 Å². The third-order valence-corrected chi connectivity index (χ3v) is 5.97. The van der Waals surface area contributed by atoms with Crippen LogP contribution in [0.25, 0.3) is 11.3 Å². The van der Waals surface area contributed by atoms with Gasteiger partial charge < -0.3 is 14.4 Å². The molecule has 0 atom stereocenters. The van der Waals surface area contributed by atoms with E-state index >= 15 is 0 Å². The highest BCUT2D eigenvalue weighted by atomic mass is 16.5. The SMILES string of the molecule is COc1ccccc1-c1cc(C(=O)N2CCC3(CC2)OCCc2cn[nH]c23)[nH]n1. The van der Waals surface area contributed by atoms with Gasteiger partial charge in [0.05, 0.1) is 31.3 Å². The van der Waals surface area contributed by atoms with Crippen LogP contribution in [0.15, 0.2) is 36.5 Å². The number of para-hydroxylation sites is 1. The minimum absolute atomic E-state index is 0.0471. The van der Waals surface area contributed by atoms with Crippen LogP contribution in [0, 0.1) is 0 Å². The highest BCUT2D eigenvalue weighted by Crippen LogP contribution is 2.40. The van der Waals surface area contributed by atoms with Crippen LogP contribution in [0.1, 0.15) is 34.6 Å². The van der Waals surface area contributed by atoms with Crippen molar-refractivity contribution in [3.63, 3.8) is 0 Å². The number of nitrogens with zero attached hydrogens (tertiary/aromatic N) is 3. The van der Waals surface area contributed by atoms with Crippen molar-refractivity contribution in [1.29, 1.82) is 0 Å². The molecule has 1 fully saturated rings. The molecule has 3 aromatic rings. The van der Waals surface area contributed by atoms with E-state index in [1.165, 1.54) is 5.56 Å². The van der Waals surface area contributed by atoms with Gasteiger partial charge >= 0.3 is 0 Å². The average Bonchev–Trinajstić information content (AvgIpc) is 3.44. The fourth-order valence-electron chi connectivity index (χ4n) is 4.38. The van der Waals surface area contributed by atoms with Crippen molar-refractivity contribution in [1.82, 2.24) is 25.3 Å². The molecule has 150 valence electrons. The molecule has 2 N–H and O–H groups in total. The highest BCUT2D eigenvalue weighted by Gasteiger charge is 2.43. The second-order valence-electron chi connectivity index (χ2n) is 7.52. The van der Waals surface area contributed by atoms with E-state index in [-0.39, 0.29) is 11.5 Å². The third-order valence-electron chi connectivity index (χ3n) is 5.97. The molecule has 1 aromatic carbocycles. The highest BCUT2D eigenvalue weighted by molar-refractivity contribution is 5.93. The maximum absolute atomic E-state index is 13.0. The number of hydrogen-bond acceptors (Lipinski definition) is 5. The normalized spacial score (nSPS) is 17.9. The Bertz CT molecular complexity index is 1030. The van der Waals surface area contributed by atoms with Crippen molar-refractivity contribution in [3.8, 4) is 17.0 Å². The summed E-state index contributed by atoms with van der Waals surface area (Å²) in [4.78, 5) is 14.9. The lowest BCUT2D eigenvalue weighted by molar-refractivity contribution is -0.0962. The van der Waals surface area contributed by atoms with Gasteiger partial charge in [0.2, 0.25) is 0 Å². The molecular formula is C21H23N5O3. The lowest BCUT2D eigenvalue weighted by Gasteiger charge is -2.43. The topological polar surface area (TPSA) is 96.1 Å². The largest absolute Gasteiger partial charge is 0.496 e. The number of piperidine rings is 1. The number of ether oxygens (including phenoxy) is 2. The minimum Gasteiger partial charge on any atom is -0.496 e. The number of amides is 1. The Morgan fingerprint density at radius 2 is 2.07 bits per heavy atom. The number of hydrogen-bond donors (Lipinski definition) is 2. The predicted molar refractivity (Wildman–Crippen MR) is 106 cm³/mol. The maximum Gasteiger partial charge on any atom is 0.271 e. The first-order chi connectivity index (χ1) is 14.2. The molecule has 0 bridgehead atoms. The molecule has 0 aliphatic carbocycles. The Kier molecular flexibility index (Phi) is 4.35. The zero-order chi connectivity index (χ0) is 19.8. The van der Waals surface area contributed by atoms with Crippen molar-refractivity contribution in [2.45, 2.75) is 24.9 Å². The van der Waals surface area contributed by atoms with E-state index in [2.05, 4.69) is 20.4 Å². The number of fused-ring (bicyclic) bond motifs is 2. The molecule has 1 spiro atoms. The summed E-state index contributed by atoms with van der Waals surface area (Å²) in [6, 6.07) is 9.42. The van der Waals surface area contributed by atoms with Gasteiger partial charge in [-0.15, -0.1) is 0 Å². The molecule has 0 radical (unpaired) electrons. The quantitative estimate of drug-likeness (QED) is 0.713. The number of H-pyrrole nitrogens is 2. The maximum atomic E-state index is 13.0. The second kappa shape index (κ2) is 7.04. The molecule has 1 saturated heterocycles. The van der Waals surface area contributed by atoms with Gasteiger partial charge in [-0.25, -0.2) is 0 Å². The number of nitrogens with one attached hydrogen (secondary N) is 2. The van der Waals surface area contributed by atoms with E-state index in [1.807, 2.05) is 35.4 Å². The summed E-state index contributed by atoms with van der Waals surface area (Å²) in [5.41, 5.74) is 3.98. The van der Waals surface area contributed by atoms with Gasteiger partial charge in [0.25, 0.3) is 5.91 Å². The van der Waals surface area contributed by atoms with E-state index < -0.39 is 0 Å². The summed E-state index contributed by atoms with van der Waals surface area (Å²) in [6.45, 7) is 1.95. The fraction of sp³-hybridized carbons (Fsp3) is 0.381. The number of aromatic nitrogens is 4. The van der Waals surface area contributed by atoms with Crippen LogP contribution in [0.4, 0.5) is 0 Å². The van der Waals surface area contributed by atoms with Crippen molar-refractivity contribution in [3.05, 3.63) is 53.5 Å². The number of benzene rings is 1. The van der Waals surface area contributed by atoms with Gasteiger partial charge in [-0.3, -0.25) is 15.0 Å². The summed E-state index contributed by atoms with van der Waals surface area (Å²) in [5, 5.41) is 14.5. The summed E-state index contributed by atoms with van der Waals surface area (Å²) in [6.07, 6.45) is 4.28. The molecule has 0 unspecified atom stereocenters. The smallest absolute Gasteiger partial charge is 0.271 e. The minimum atomic E-state index is -0.350. The predicted octanol–water partition coefficient (Wildman–Crippen LogP) is 2.51. The lowest BCUT2D eigenvalue weighted by atomic mass is 9.83. The van der Waals surface area contributed by atoms with Crippen LogP contribution in [0.3, 0.4) is 0 Å². The van der Waals surface area contributed by atoms with Crippen molar-refractivity contribution in [2.75, 3.05) is 26.8 Å². The van der Waals surface area contributed by atoms with Crippen molar-refractivity contribution in [2.24, 2.45) is 0 Å². The fourth-order valence-corrected chi connectivity index (χ4v) is 4.38. The molecule has 29 heavy (non-hydrogen) atoms. The van der Waals surface area contributed by atoms with E-state index in [0.29, 0.717) is 31.1 Å². The van der Waals surface area contributed by atoms with Crippen LogP contribution in [-0.2, 0) is 16.8 Å². The first kappa shape index (κ1) is 17.9. The standard InChI is InChI=1S/C21H23N5O3/c1-28-18-5-3-2-4-15(18)16-12-17(24-23-16)20(27)26-9-7-21(8-10-26)19-14(6-11-29-21)13-22-25-19/h2-5,12-13H,6-11H2,1H3,(H,22,25)(H,23,24).